The van der Waals surface area contributed by atoms with Gasteiger partial charge >= 0.3 is 11.9 Å². The number of fused-ring (bicyclic) bond motifs is 3. The van der Waals surface area contributed by atoms with Crippen LogP contribution in [0.25, 0.3) is 16.7 Å². The van der Waals surface area contributed by atoms with E-state index in [4.69, 9.17) is 15.9 Å². The molecule has 2 aliphatic heterocycles. The number of imidazole rings is 1. The summed E-state index contributed by atoms with van der Waals surface area (Å²) in [6.45, 7) is 2.35. The predicted octanol–water partition coefficient (Wildman–Crippen LogP) is 4.33. The maximum atomic E-state index is 9.55. The van der Waals surface area contributed by atoms with Crippen LogP contribution in [0.15, 0.2) is 88.7 Å². The first-order chi connectivity index (χ1) is 18.8. The van der Waals surface area contributed by atoms with Gasteiger partial charge in [0.15, 0.2) is 11.5 Å². The molecule has 2 aromatic carbocycles. The molecule has 0 amide bonds. The summed E-state index contributed by atoms with van der Waals surface area (Å²) >= 11 is 1.91. The van der Waals surface area contributed by atoms with Crippen LogP contribution in [0.2, 0.25) is 0 Å². The van der Waals surface area contributed by atoms with E-state index < -0.39 is 11.9 Å². The number of carboxylic acid groups (broad SMARTS) is 2. The number of H-pyrrole nitrogens is 1. The Morgan fingerprint density at radius 2 is 1.49 bits per heavy atom. The number of benzene rings is 2. The SMILES string of the molecule is CN1CCC(=C2c3ccccc3Sc3ccccc32)CC1.Nc1ncnc2nc[nH]c12.O=C(O)C=CC(=O)O. The summed E-state index contributed by atoms with van der Waals surface area (Å²) in [5.41, 5.74) is 12.8. The van der Waals surface area contributed by atoms with Crippen LogP contribution in [-0.4, -0.2) is 67.1 Å². The molecule has 0 atom stereocenters. The van der Waals surface area contributed by atoms with E-state index in [0.717, 1.165) is 0 Å². The van der Waals surface area contributed by atoms with E-state index >= 15 is 0 Å². The molecule has 10 nitrogen and oxygen atoms in total. The van der Waals surface area contributed by atoms with Gasteiger partial charge in [0.05, 0.1) is 6.33 Å². The third-order valence-electron chi connectivity index (χ3n) is 6.10. The number of rotatable bonds is 2. The van der Waals surface area contributed by atoms with Crippen molar-refractivity contribution in [2.45, 2.75) is 22.6 Å². The topological polar surface area (TPSA) is 158 Å². The molecule has 11 heteroatoms. The minimum Gasteiger partial charge on any atom is -0.478 e. The summed E-state index contributed by atoms with van der Waals surface area (Å²) < 4.78 is 0. The number of hydrogen-bond donors (Lipinski definition) is 4. The molecule has 4 aromatic rings. The molecular weight excluding hydrogens is 516 g/mol. The summed E-state index contributed by atoms with van der Waals surface area (Å²) in [4.78, 5) is 38.7. The summed E-state index contributed by atoms with van der Waals surface area (Å²) in [6, 6.07) is 17.7. The first-order valence-electron chi connectivity index (χ1n) is 12.1. The zero-order valence-corrected chi connectivity index (χ0v) is 22.1. The van der Waals surface area contributed by atoms with E-state index in [-0.39, 0.29) is 0 Å². The molecule has 0 unspecified atom stereocenters. The Labute approximate surface area is 229 Å². The number of likely N-dealkylation sites (tertiary alicyclic amines) is 1. The van der Waals surface area contributed by atoms with Gasteiger partial charge in [-0.05, 0) is 48.7 Å². The molecule has 2 aromatic heterocycles. The van der Waals surface area contributed by atoms with Crippen molar-refractivity contribution in [3.8, 4) is 0 Å². The third kappa shape index (κ3) is 7.09. The Morgan fingerprint density at radius 1 is 0.923 bits per heavy atom. The number of hydrogen-bond acceptors (Lipinski definition) is 8. The molecule has 0 spiro atoms. The molecular formula is C28H28N6O4S. The first kappa shape index (κ1) is 27.6. The lowest BCUT2D eigenvalue weighted by Crippen LogP contribution is -2.27. The number of aliphatic carboxylic acids is 2. The monoisotopic (exact) mass is 544 g/mol. The Hall–Kier alpha value is -4.48. The summed E-state index contributed by atoms with van der Waals surface area (Å²) in [6.07, 6.45) is 6.43. The number of piperidine rings is 1. The molecule has 39 heavy (non-hydrogen) atoms. The smallest absolute Gasteiger partial charge is 0.328 e. The molecule has 5 N–H and O–H groups in total. The van der Waals surface area contributed by atoms with Crippen LogP contribution < -0.4 is 5.73 Å². The Morgan fingerprint density at radius 3 is 2.03 bits per heavy atom. The van der Waals surface area contributed by atoms with Crippen molar-refractivity contribution in [2.75, 3.05) is 25.9 Å². The lowest BCUT2D eigenvalue weighted by atomic mass is 9.88. The van der Waals surface area contributed by atoms with Crippen LogP contribution in [0.5, 0.6) is 0 Å². The second kappa shape index (κ2) is 12.9. The highest BCUT2D eigenvalue weighted by Crippen LogP contribution is 2.47. The van der Waals surface area contributed by atoms with E-state index in [9.17, 15) is 9.59 Å². The van der Waals surface area contributed by atoms with Gasteiger partial charge in [-0.15, -0.1) is 0 Å². The minimum absolute atomic E-state index is 0.433. The highest BCUT2D eigenvalue weighted by atomic mass is 32.2. The Bertz CT molecular complexity index is 1470. The van der Waals surface area contributed by atoms with Crippen molar-refractivity contribution in [1.82, 2.24) is 24.8 Å². The summed E-state index contributed by atoms with van der Waals surface area (Å²) in [5, 5.41) is 15.6. The summed E-state index contributed by atoms with van der Waals surface area (Å²) in [5.74, 6) is -2.08. The van der Waals surface area contributed by atoms with Crippen LogP contribution in [0.1, 0.15) is 24.0 Å². The molecule has 0 saturated carbocycles. The van der Waals surface area contributed by atoms with Crippen LogP contribution in [0.4, 0.5) is 5.82 Å². The fourth-order valence-electron chi connectivity index (χ4n) is 4.23. The normalized spacial score (nSPS) is 14.5. The zero-order valence-electron chi connectivity index (χ0n) is 21.2. The van der Waals surface area contributed by atoms with Crippen molar-refractivity contribution in [3.63, 3.8) is 0 Å². The van der Waals surface area contributed by atoms with Gasteiger partial charge < -0.3 is 25.8 Å². The van der Waals surface area contributed by atoms with Gasteiger partial charge in [0.1, 0.15) is 11.8 Å². The van der Waals surface area contributed by atoms with Gasteiger partial charge in [-0.25, -0.2) is 24.5 Å². The molecule has 4 heterocycles. The Balaban J connectivity index is 0.000000163. The van der Waals surface area contributed by atoms with E-state index in [0.29, 0.717) is 29.1 Å². The highest BCUT2D eigenvalue weighted by molar-refractivity contribution is 7.99. The molecule has 0 aliphatic carbocycles. The van der Waals surface area contributed by atoms with E-state index in [2.05, 4.69) is 80.4 Å². The maximum Gasteiger partial charge on any atom is 0.328 e. The molecule has 0 bridgehead atoms. The number of carbonyl (C=O) groups is 2. The van der Waals surface area contributed by atoms with E-state index in [1.165, 1.54) is 65.1 Å². The van der Waals surface area contributed by atoms with Gasteiger partial charge in [-0.3, -0.25) is 0 Å². The van der Waals surface area contributed by atoms with Crippen LogP contribution >= 0.6 is 11.8 Å². The molecule has 1 fully saturated rings. The third-order valence-corrected chi connectivity index (χ3v) is 7.25. The van der Waals surface area contributed by atoms with Gasteiger partial charge in [0.2, 0.25) is 0 Å². The van der Waals surface area contributed by atoms with E-state index in [1.54, 1.807) is 5.57 Å². The van der Waals surface area contributed by atoms with Crippen molar-refractivity contribution in [1.29, 1.82) is 0 Å². The second-order valence-electron chi connectivity index (χ2n) is 8.75. The van der Waals surface area contributed by atoms with Crippen LogP contribution in [0, 0.1) is 0 Å². The Kier molecular flexibility index (Phi) is 9.08. The lowest BCUT2D eigenvalue weighted by molar-refractivity contribution is -0.134. The minimum atomic E-state index is -1.26. The quantitative estimate of drug-likeness (QED) is 0.236. The fraction of sp³-hybridized carbons (Fsp3) is 0.179. The van der Waals surface area contributed by atoms with E-state index in [1.807, 2.05) is 11.8 Å². The fourth-order valence-corrected chi connectivity index (χ4v) is 5.32. The molecule has 6 rings (SSSR count). The largest absolute Gasteiger partial charge is 0.478 e. The number of aromatic nitrogens is 4. The number of anilines is 1. The molecule has 0 radical (unpaired) electrons. The molecule has 1 saturated heterocycles. The molecule has 2 aliphatic rings. The second-order valence-corrected chi connectivity index (χ2v) is 9.83. The number of carboxylic acids is 2. The van der Waals surface area contributed by atoms with Crippen molar-refractivity contribution in [2.24, 2.45) is 0 Å². The number of nitrogen functional groups attached to an aromatic ring is 1. The summed E-state index contributed by atoms with van der Waals surface area (Å²) in [7, 11) is 2.22. The lowest BCUT2D eigenvalue weighted by Gasteiger charge is -2.30. The maximum absolute atomic E-state index is 9.55. The number of nitrogens with two attached hydrogens (primary N) is 1. The average molecular weight is 545 g/mol. The average Bonchev–Trinajstić information content (AvgIpc) is 3.42. The van der Waals surface area contributed by atoms with Gasteiger partial charge in [0, 0.05) is 35.0 Å². The van der Waals surface area contributed by atoms with Gasteiger partial charge in [-0.1, -0.05) is 53.7 Å². The van der Waals surface area contributed by atoms with Crippen LogP contribution in [0.3, 0.4) is 0 Å². The van der Waals surface area contributed by atoms with Gasteiger partial charge in [-0.2, -0.15) is 0 Å². The number of nitrogens with one attached hydrogen (secondary N) is 1. The first-order valence-corrected chi connectivity index (χ1v) is 13.0. The zero-order chi connectivity index (χ0) is 27.8. The highest BCUT2D eigenvalue weighted by Gasteiger charge is 2.24. The molecule has 200 valence electrons. The van der Waals surface area contributed by atoms with Crippen molar-refractivity contribution >= 4 is 46.3 Å². The predicted molar refractivity (Wildman–Crippen MR) is 150 cm³/mol. The standard InChI is InChI=1S/C19H19NS.C5H5N5.C4H4O4/c1-20-12-10-14(11-13-20)19-15-6-2-4-8-17(15)21-18-9-5-3-7-16(18)19;6-4-3-5(9-1-7-3)10-2-8-4;5-3(6)1-2-4(7)8/h2-9H,10-13H2,1H3;1-2H,(H3,6,7,8,9,10);1-2H,(H,5,6)(H,7,8). The number of nitrogens with zero attached hydrogens (tertiary/aromatic N) is 4. The van der Waals surface area contributed by atoms with Crippen LogP contribution in [-0.2, 0) is 9.59 Å². The van der Waals surface area contributed by atoms with Gasteiger partial charge in [0.25, 0.3) is 0 Å². The van der Waals surface area contributed by atoms with Crippen molar-refractivity contribution in [3.05, 3.63) is 90.0 Å². The number of aromatic amines is 1. The van der Waals surface area contributed by atoms with Crippen molar-refractivity contribution < 1.29 is 19.8 Å².